The number of thiophene rings is 1. The second kappa shape index (κ2) is 12.1. The number of rotatable bonds is 8. The van der Waals surface area contributed by atoms with Gasteiger partial charge >= 0.3 is 0 Å². The molecule has 1 fully saturated rings. The Morgan fingerprint density at radius 3 is 2.74 bits per heavy atom. The van der Waals surface area contributed by atoms with Crippen LogP contribution in [0.25, 0.3) is 0 Å². The highest BCUT2D eigenvalue weighted by molar-refractivity contribution is 14.0. The van der Waals surface area contributed by atoms with Crippen molar-refractivity contribution in [3.63, 3.8) is 0 Å². The molecule has 1 aliphatic rings. The van der Waals surface area contributed by atoms with Gasteiger partial charge in [-0.05, 0) is 45.2 Å². The van der Waals surface area contributed by atoms with Gasteiger partial charge in [-0.2, -0.15) is 0 Å². The van der Waals surface area contributed by atoms with Crippen molar-refractivity contribution in [3.05, 3.63) is 21.9 Å². The fraction of sp³-hybridized carbons (Fsp3) is 0.706. The number of hydrogen-bond acceptors (Lipinski definition) is 3. The molecule has 0 spiro atoms. The number of aliphatic imine (C=N–C) groups is 1. The summed E-state index contributed by atoms with van der Waals surface area (Å²) >= 11 is 1.81. The molecule has 2 N–H and O–H groups in total. The number of halogens is 1. The highest BCUT2D eigenvalue weighted by Crippen LogP contribution is 2.20. The summed E-state index contributed by atoms with van der Waals surface area (Å²) in [7, 11) is 0. The van der Waals surface area contributed by atoms with Gasteiger partial charge in [-0.1, -0.05) is 12.8 Å². The Kier molecular flexibility index (Phi) is 10.9. The monoisotopic (exact) mass is 451 g/mol. The fourth-order valence-electron chi connectivity index (χ4n) is 2.65. The van der Waals surface area contributed by atoms with Crippen molar-refractivity contribution < 1.29 is 4.74 Å². The average Bonchev–Trinajstić information content (AvgIpc) is 3.16. The maximum atomic E-state index is 5.88. The predicted molar refractivity (Wildman–Crippen MR) is 110 cm³/mol. The van der Waals surface area contributed by atoms with Gasteiger partial charge in [0.1, 0.15) is 0 Å². The van der Waals surface area contributed by atoms with Gasteiger partial charge in [-0.15, -0.1) is 35.3 Å². The van der Waals surface area contributed by atoms with E-state index in [0.717, 1.165) is 38.6 Å². The molecule has 0 saturated heterocycles. The van der Waals surface area contributed by atoms with E-state index in [4.69, 9.17) is 4.74 Å². The zero-order valence-corrected chi connectivity index (χ0v) is 17.4. The molecule has 0 bridgehead atoms. The Morgan fingerprint density at radius 1 is 1.30 bits per heavy atom. The molecular formula is C17H30IN3OS. The lowest BCUT2D eigenvalue weighted by Crippen LogP contribution is -2.38. The molecule has 0 aromatic carbocycles. The second-order valence-corrected chi connectivity index (χ2v) is 7.14. The zero-order chi connectivity index (χ0) is 15.6. The molecule has 1 aliphatic carbocycles. The van der Waals surface area contributed by atoms with Gasteiger partial charge in [-0.3, -0.25) is 0 Å². The average molecular weight is 451 g/mol. The summed E-state index contributed by atoms with van der Waals surface area (Å²) in [5.74, 6) is 0.898. The van der Waals surface area contributed by atoms with Crippen LogP contribution in [0.2, 0.25) is 0 Å². The summed E-state index contributed by atoms with van der Waals surface area (Å²) < 4.78 is 5.88. The standard InChI is InChI=1S/C17H29N3OS.HI/c1-3-18-17(20-13-16-10-9-14(2)22-16)19-11-6-12-21-15-7-4-5-8-15;/h9-10,15H,3-8,11-13H2,1-2H3,(H2,18,19,20);1H. The van der Waals surface area contributed by atoms with E-state index in [0.29, 0.717) is 6.10 Å². The van der Waals surface area contributed by atoms with Gasteiger partial charge in [0.05, 0.1) is 12.6 Å². The highest BCUT2D eigenvalue weighted by atomic mass is 127. The Labute approximate surface area is 161 Å². The van der Waals surface area contributed by atoms with Crippen molar-refractivity contribution in [2.75, 3.05) is 19.7 Å². The summed E-state index contributed by atoms with van der Waals surface area (Å²) in [6, 6.07) is 4.30. The van der Waals surface area contributed by atoms with Crippen LogP contribution in [0.4, 0.5) is 0 Å². The van der Waals surface area contributed by atoms with Gasteiger partial charge < -0.3 is 15.4 Å². The summed E-state index contributed by atoms with van der Waals surface area (Å²) in [4.78, 5) is 7.28. The van der Waals surface area contributed by atoms with Crippen molar-refractivity contribution in [1.29, 1.82) is 0 Å². The van der Waals surface area contributed by atoms with Crippen LogP contribution in [-0.2, 0) is 11.3 Å². The molecule has 1 aromatic rings. The fourth-order valence-corrected chi connectivity index (χ4v) is 3.47. The number of nitrogens with zero attached hydrogens (tertiary/aromatic N) is 1. The van der Waals surface area contributed by atoms with Crippen LogP contribution in [0, 0.1) is 6.92 Å². The Balaban J connectivity index is 0.00000264. The van der Waals surface area contributed by atoms with Gasteiger partial charge in [0.25, 0.3) is 0 Å². The van der Waals surface area contributed by atoms with Crippen LogP contribution in [0.5, 0.6) is 0 Å². The number of ether oxygens (including phenoxy) is 1. The molecule has 132 valence electrons. The molecule has 1 aromatic heterocycles. The minimum Gasteiger partial charge on any atom is -0.378 e. The Bertz CT molecular complexity index is 458. The van der Waals surface area contributed by atoms with E-state index in [1.807, 2.05) is 11.3 Å². The van der Waals surface area contributed by atoms with Crippen LogP contribution in [0.1, 0.15) is 48.8 Å². The van der Waals surface area contributed by atoms with E-state index in [9.17, 15) is 0 Å². The molecule has 0 radical (unpaired) electrons. The maximum Gasteiger partial charge on any atom is 0.191 e. The van der Waals surface area contributed by atoms with Crippen molar-refractivity contribution in [2.45, 2.75) is 58.6 Å². The molecule has 0 amide bonds. The van der Waals surface area contributed by atoms with Crippen molar-refractivity contribution in [3.8, 4) is 0 Å². The minimum absolute atomic E-state index is 0. The van der Waals surface area contributed by atoms with Crippen LogP contribution in [-0.4, -0.2) is 31.8 Å². The minimum atomic E-state index is 0. The van der Waals surface area contributed by atoms with Crippen molar-refractivity contribution in [2.24, 2.45) is 4.99 Å². The number of guanidine groups is 1. The first-order chi connectivity index (χ1) is 10.8. The Morgan fingerprint density at radius 2 is 2.09 bits per heavy atom. The van der Waals surface area contributed by atoms with Crippen LogP contribution in [0.15, 0.2) is 17.1 Å². The first-order valence-corrected chi connectivity index (χ1v) is 9.28. The van der Waals surface area contributed by atoms with E-state index in [2.05, 4.69) is 41.6 Å². The first-order valence-electron chi connectivity index (χ1n) is 8.47. The summed E-state index contributed by atoms with van der Waals surface area (Å²) in [6.45, 7) is 7.60. The van der Waals surface area contributed by atoms with Crippen molar-refractivity contribution in [1.82, 2.24) is 10.6 Å². The number of hydrogen-bond donors (Lipinski definition) is 2. The maximum absolute atomic E-state index is 5.88. The number of nitrogens with one attached hydrogen (secondary N) is 2. The van der Waals surface area contributed by atoms with Crippen molar-refractivity contribution >= 4 is 41.3 Å². The topological polar surface area (TPSA) is 45.7 Å². The number of aryl methyl sites for hydroxylation is 1. The molecule has 6 heteroatoms. The van der Waals surface area contributed by atoms with Crippen LogP contribution < -0.4 is 10.6 Å². The van der Waals surface area contributed by atoms with E-state index in [1.54, 1.807) is 0 Å². The molecule has 1 saturated carbocycles. The normalized spacial score (nSPS) is 15.5. The Hall–Kier alpha value is -0.340. The van der Waals surface area contributed by atoms with Crippen LogP contribution >= 0.6 is 35.3 Å². The lowest BCUT2D eigenvalue weighted by molar-refractivity contribution is 0.0574. The highest BCUT2D eigenvalue weighted by Gasteiger charge is 2.14. The zero-order valence-electron chi connectivity index (χ0n) is 14.3. The lowest BCUT2D eigenvalue weighted by atomic mass is 10.3. The predicted octanol–water partition coefficient (Wildman–Crippen LogP) is 4.08. The summed E-state index contributed by atoms with van der Waals surface area (Å²) in [6.07, 6.45) is 6.71. The van der Waals surface area contributed by atoms with Gasteiger partial charge in [0, 0.05) is 29.5 Å². The van der Waals surface area contributed by atoms with E-state index in [1.165, 1.54) is 35.4 Å². The van der Waals surface area contributed by atoms with Gasteiger partial charge in [0.2, 0.25) is 0 Å². The molecule has 4 nitrogen and oxygen atoms in total. The smallest absolute Gasteiger partial charge is 0.191 e. The quantitative estimate of drug-likeness (QED) is 0.271. The molecule has 0 atom stereocenters. The van der Waals surface area contributed by atoms with Gasteiger partial charge in [0.15, 0.2) is 5.96 Å². The molecule has 2 rings (SSSR count). The molecular weight excluding hydrogens is 421 g/mol. The SMILES string of the molecule is CCNC(=NCc1ccc(C)s1)NCCCOC1CCCC1.I. The summed E-state index contributed by atoms with van der Waals surface area (Å²) in [5.41, 5.74) is 0. The van der Waals surface area contributed by atoms with E-state index in [-0.39, 0.29) is 24.0 Å². The molecule has 0 unspecified atom stereocenters. The van der Waals surface area contributed by atoms with E-state index >= 15 is 0 Å². The summed E-state index contributed by atoms with van der Waals surface area (Å²) in [5, 5.41) is 6.68. The second-order valence-electron chi connectivity index (χ2n) is 5.77. The third kappa shape index (κ3) is 8.35. The third-order valence-electron chi connectivity index (χ3n) is 3.80. The first kappa shape index (κ1) is 20.7. The molecule has 1 heterocycles. The van der Waals surface area contributed by atoms with Crippen LogP contribution in [0.3, 0.4) is 0 Å². The van der Waals surface area contributed by atoms with E-state index < -0.39 is 0 Å². The lowest BCUT2D eigenvalue weighted by Gasteiger charge is -2.13. The molecule has 0 aliphatic heterocycles. The third-order valence-corrected chi connectivity index (χ3v) is 4.79. The largest absolute Gasteiger partial charge is 0.378 e. The molecule has 23 heavy (non-hydrogen) atoms. The van der Waals surface area contributed by atoms with Gasteiger partial charge in [-0.25, -0.2) is 4.99 Å².